The van der Waals surface area contributed by atoms with E-state index in [2.05, 4.69) is 93.5 Å². The number of nitrogens with one attached hydrogen (secondary N) is 3. The van der Waals surface area contributed by atoms with Gasteiger partial charge in [-0.3, -0.25) is 83.9 Å². The van der Waals surface area contributed by atoms with Crippen molar-refractivity contribution in [3.05, 3.63) is 0 Å². The first-order valence-electron chi connectivity index (χ1n) is 42.6. The monoisotopic (exact) mass is 1750 g/mol. The minimum Gasteiger partial charge on any atom is -0.483 e. The molecular weight excluding hydrogens is 1590 g/mol. The van der Waals surface area contributed by atoms with Crippen molar-refractivity contribution in [3.63, 3.8) is 0 Å². The van der Waals surface area contributed by atoms with Crippen LogP contribution in [0, 0.1) is 0 Å². The Balaban J connectivity index is 6.47. The highest BCUT2D eigenvalue weighted by Gasteiger charge is 2.28. The lowest BCUT2D eigenvalue weighted by Crippen LogP contribution is -2.49. The van der Waals surface area contributed by atoms with E-state index in [1.165, 1.54) is 40.3 Å². The molecule has 0 bridgehead atoms. The highest BCUT2D eigenvalue weighted by Crippen LogP contribution is 2.13. The van der Waals surface area contributed by atoms with Crippen LogP contribution in [0.5, 0.6) is 0 Å². The Hall–Kier alpha value is -7.12. The van der Waals surface area contributed by atoms with Gasteiger partial charge in [0.25, 0.3) is 0 Å². The van der Waals surface area contributed by atoms with Gasteiger partial charge in [-0.25, -0.2) is 9.98 Å². The molecular formula is C79H157N21O22. The molecule has 0 aromatic heterocycles. The first kappa shape index (κ1) is 115. The van der Waals surface area contributed by atoms with Gasteiger partial charge in [0, 0.05) is 170 Å². The molecule has 0 saturated carbocycles. The number of carboxylic acids is 7. The summed E-state index contributed by atoms with van der Waals surface area (Å²) in [5.74, 6) is -8.52. The van der Waals surface area contributed by atoms with E-state index >= 15 is 0 Å². The molecule has 0 saturated heterocycles. The molecule has 1 amide bonds. The molecule has 0 aromatic carbocycles. The molecule has 122 heavy (non-hydrogen) atoms. The number of nitrogens with zero attached hydrogens (tertiary/aromatic N) is 16. The summed E-state index contributed by atoms with van der Waals surface area (Å²) in [6.45, 7) is 13.3. The van der Waals surface area contributed by atoms with Crippen molar-refractivity contribution in [2.24, 2.45) is 31.4 Å². The Labute approximate surface area is 724 Å². The van der Waals surface area contributed by atoms with Crippen LogP contribution in [0.1, 0.15) is 103 Å². The zero-order chi connectivity index (χ0) is 90.9. The van der Waals surface area contributed by atoms with Crippen molar-refractivity contribution in [2.45, 2.75) is 134 Å². The Kier molecular flexibility index (Phi) is 71.9. The molecule has 14 N–H and O–H groups in total. The van der Waals surface area contributed by atoms with Crippen molar-refractivity contribution < 1.29 is 107 Å². The molecule has 0 aromatic rings. The molecule has 43 heteroatoms. The summed E-state index contributed by atoms with van der Waals surface area (Å²) in [6, 6.07) is -1.84. The number of carbonyl (C=O) groups excluding carboxylic acids is 1. The maximum Gasteiger partial charge on any atom is 0.321 e. The van der Waals surface area contributed by atoms with Crippen LogP contribution in [-0.4, -0.2) is 506 Å². The smallest absolute Gasteiger partial charge is 0.321 e. The van der Waals surface area contributed by atoms with E-state index in [9.17, 15) is 74.1 Å². The van der Waals surface area contributed by atoms with E-state index in [0.29, 0.717) is 169 Å². The van der Waals surface area contributed by atoms with E-state index in [1.54, 1.807) is 4.90 Å². The van der Waals surface area contributed by atoms with Crippen LogP contribution >= 0.6 is 0 Å². The highest BCUT2D eigenvalue weighted by molar-refractivity contribution is 5.79. The van der Waals surface area contributed by atoms with Crippen molar-refractivity contribution in [1.29, 1.82) is 0 Å². The summed E-state index contributed by atoms with van der Waals surface area (Å²) in [7, 11) is 19.8. The van der Waals surface area contributed by atoms with Crippen molar-refractivity contribution >= 4 is 73.3 Å². The first-order valence-corrected chi connectivity index (χ1v) is 42.6. The second-order valence-corrected chi connectivity index (χ2v) is 31.3. The summed E-state index contributed by atoms with van der Waals surface area (Å²) in [4.78, 5) is 134. The van der Waals surface area contributed by atoms with Crippen molar-refractivity contribution in [3.8, 4) is 0 Å². The average molecular weight is 1750 g/mol. The second-order valence-electron chi connectivity index (χ2n) is 31.3. The second kappa shape index (κ2) is 76.3. The molecule has 5 atom stereocenters. The number of aliphatic imine (C=N–C) groups is 4. The van der Waals surface area contributed by atoms with Gasteiger partial charge >= 0.3 is 41.8 Å². The lowest BCUT2D eigenvalue weighted by molar-refractivity contribution is -0.146. The average Bonchev–Trinajstić information content (AvgIpc) is 0.879. The van der Waals surface area contributed by atoms with Crippen LogP contribution in [-0.2, 0) is 71.5 Å². The van der Waals surface area contributed by atoms with Crippen LogP contribution in [0.25, 0.3) is 0 Å². The number of carboxylic acid groups (broad SMARTS) is 7. The van der Waals surface area contributed by atoms with Gasteiger partial charge in [0.2, 0.25) is 5.91 Å². The first-order chi connectivity index (χ1) is 58.2. The number of aliphatic carboxylic acids is 7. The SMILES string of the molecule is CN(C)CCN(CCCOCN[C@@H](CCCCNCOCCCN(CCN(C)C)CCN(CC(=O)O)CC(=O)O)OCNCCCC[C@H](N=CO[C@H](CCCCN=COCCCN(CCN(C)C)CCN(CC(=O)O)CC(=O)O)N=COCC[C@@H](C(=O)O)N(CCN(C)C)CCN(CC(=O)O)CC(=O)O)OC=NCCCC[C@H](N)C(N)=O)CCN(C)C. The molecule has 0 radical (unpaired) electrons. The largest absolute Gasteiger partial charge is 0.483 e. The third kappa shape index (κ3) is 74.3. The summed E-state index contributed by atoms with van der Waals surface area (Å²) in [5, 5.41) is 76.9. The Morgan fingerprint density at radius 1 is 0.361 bits per heavy atom. The zero-order valence-electron chi connectivity index (χ0n) is 75.0. The summed E-state index contributed by atoms with van der Waals surface area (Å²) in [6.07, 6.45) is 13.0. The fraction of sp³-hybridized carbons (Fsp3) is 0.848. The van der Waals surface area contributed by atoms with Crippen LogP contribution in [0.15, 0.2) is 20.0 Å². The van der Waals surface area contributed by atoms with Gasteiger partial charge in [0.1, 0.15) is 12.3 Å². The molecule has 43 nitrogen and oxygen atoms in total. The molecule has 710 valence electrons. The van der Waals surface area contributed by atoms with Crippen LogP contribution in [0.2, 0.25) is 0 Å². The zero-order valence-corrected chi connectivity index (χ0v) is 75.0. The quantitative estimate of drug-likeness (QED) is 0.0147. The number of primary amides is 1. The maximum absolute atomic E-state index is 12.8. The number of likely N-dealkylation sites (N-methyl/N-ethyl adjacent to an activating group) is 5. The molecule has 0 unspecified atom stereocenters. The fourth-order valence-electron chi connectivity index (χ4n) is 11.9. The Morgan fingerprint density at radius 2 is 0.721 bits per heavy atom. The molecule has 0 aliphatic carbocycles. The number of rotatable bonds is 90. The van der Waals surface area contributed by atoms with Gasteiger partial charge in [-0.2, -0.15) is 0 Å². The van der Waals surface area contributed by atoms with E-state index in [0.717, 1.165) is 84.6 Å². The Morgan fingerprint density at radius 3 is 1.17 bits per heavy atom. The standard InChI is InChI=1S/C79H157N21O22/c1-89(2)34-39-94(40-35-90(3)4)31-21-52-118-64-86-69(23-12-16-27-82-60-116-50-19-32-95(41-36-91(5)6)43-45-97(54-72(101)102)55-73(103)104)120-62-85-30-18-14-25-71(121-63-84-29-15-11-22-67(80)78(81)113)88-66-122-70(87-65-119-53-26-68(79(114)115)100(48-38-93(9)10)49-47-99(58-76(109)110)59-77(111)112)24-13-17-28-83-61-117-51-20-33-96(42-37-92(7)8)44-46-98(56-74(105)106)57-75(107)108/h61,63,65-71,82,85-86H,11-60,62,64,80H2,1-10H3,(H2,81,113)(H,101,102)(H,103,104)(H,105,106)(H,107,108)(H,109,110)(H,111,112)(H,114,115)/t67-,68-,69+,70+,71+/m0/s1. The third-order valence-electron chi connectivity index (χ3n) is 18.8. The molecule has 0 fully saturated rings. The highest BCUT2D eigenvalue weighted by atomic mass is 16.5. The molecule has 0 aliphatic heterocycles. The number of ether oxygens (including phenoxy) is 7. The van der Waals surface area contributed by atoms with Crippen molar-refractivity contribution in [2.75, 3.05) is 307 Å². The number of hydrogen-bond donors (Lipinski definition) is 12. The van der Waals surface area contributed by atoms with Crippen molar-refractivity contribution in [1.82, 2.24) is 74.7 Å². The van der Waals surface area contributed by atoms with Gasteiger partial charge < -0.3 is 120 Å². The Bertz CT molecular complexity index is 2750. The topological polar surface area (TPSA) is 519 Å². The number of nitrogens with two attached hydrogens (primary N) is 2. The predicted molar refractivity (Wildman–Crippen MR) is 467 cm³/mol. The minimum absolute atomic E-state index is 0.00729. The lowest BCUT2D eigenvalue weighted by Gasteiger charge is -2.31. The number of amides is 1. The molecule has 0 heterocycles. The summed E-state index contributed by atoms with van der Waals surface area (Å²) in [5.41, 5.74) is 11.2. The third-order valence-corrected chi connectivity index (χ3v) is 18.8. The van der Waals surface area contributed by atoms with E-state index in [4.69, 9.17) is 44.6 Å². The maximum atomic E-state index is 12.8. The van der Waals surface area contributed by atoms with Crippen LogP contribution < -0.4 is 27.4 Å². The number of hydrogen-bond acceptors (Lipinski definition) is 35. The van der Waals surface area contributed by atoms with E-state index < -0.39 is 85.3 Å². The van der Waals surface area contributed by atoms with Gasteiger partial charge in [0.15, 0.2) is 38.1 Å². The van der Waals surface area contributed by atoms with Gasteiger partial charge in [-0.1, -0.05) is 0 Å². The van der Waals surface area contributed by atoms with E-state index in [1.807, 2.05) is 52.1 Å². The predicted octanol–water partition coefficient (Wildman–Crippen LogP) is -1.23. The molecule has 0 spiro atoms. The summed E-state index contributed by atoms with van der Waals surface area (Å²) >= 11 is 0. The minimum atomic E-state index is -1.22. The normalized spacial score (nSPS) is 13.6. The van der Waals surface area contributed by atoms with Crippen LogP contribution in [0.4, 0.5) is 0 Å². The van der Waals surface area contributed by atoms with Gasteiger partial charge in [-0.05, 0) is 167 Å². The van der Waals surface area contributed by atoms with Gasteiger partial charge in [0.05, 0.1) is 78.7 Å². The van der Waals surface area contributed by atoms with E-state index in [-0.39, 0.29) is 78.3 Å². The number of carbonyl (C=O) groups is 8. The lowest BCUT2D eigenvalue weighted by atomic mass is 10.1. The molecule has 0 rings (SSSR count). The van der Waals surface area contributed by atoms with Gasteiger partial charge in [-0.15, -0.1) is 0 Å². The van der Waals surface area contributed by atoms with Crippen LogP contribution in [0.3, 0.4) is 0 Å². The number of unbranched alkanes of at least 4 members (excludes halogenated alkanes) is 4. The summed E-state index contributed by atoms with van der Waals surface area (Å²) < 4.78 is 42.2. The fourth-order valence-corrected chi connectivity index (χ4v) is 11.9. The molecule has 0 aliphatic rings.